The number of amides is 1. The molecule has 2 heterocycles. The Kier molecular flexibility index (Phi) is 3.24. The molecule has 27 heavy (non-hydrogen) atoms. The van der Waals surface area contributed by atoms with Crippen LogP contribution >= 0.6 is 11.6 Å². The van der Waals surface area contributed by atoms with Gasteiger partial charge in [-0.25, -0.2) is 4.79 Å². The fourth-order valence-corrected chi connectivity index (χ4v) is 4.42. The molecular formula is C20H13ClN2O4. The molecule has 1 aliphatic heterocycles. The first-order chi connectivity index (χ1) is 13.0. The average Bonchev–Trinajstić information content (AvgIpc) is 3.33. The molecular weight excluding hydrogens is 368 g/mol. The molecule has 3 aromatic rings. The number of nitrogens with zero attached hydrogens (tertiary/aromatic N) is 2. The maximum Gasteiger partial charge on any atom is 0.335 e. The highest BCUT2D eigenvalue weighted by Crippen LogP contribution is 2.52. The Hall–Kier alpha value is -3.12. The lowest BCUT2D eigenvalue weighted by molar-refractivity contribution is -0.122. The predicted octanol–water partition coefficient (Wildman–Crippen LogP) is 3.74. The molecule has 2 aromatic carbocycles. The molecule has 1 spiro atoms. The van der Waals surface area contributed by atoms with Gasteiger partial charge in [0.2, 0.25) is 5.91 Å². The van der Waals surface area contributed by atoms with Crippen LogP contribution in [0, 0.1) is 0 Å². The summed E-state index contributed by atoms with van der Waals surface area (Å²) >= 11 is 6.20. The quantitative estimate of drug-likeness (QED) is 0.732. The average molecular weight is 381 g/mol. The largest absolute Gasteiger partial charge is 0.478 e. The standard InChI is InChI=1S/C20H13ClN2O4/c21-14-3-4-16-17(6-14)23(15-9-22-27-10-15)19(26)20(16)7-12-2-1-11(18(24)25)5-13(12)8-20/h1-6,9-10H,7-8H2,(H,24,25). The van der Waals surface area contributed by atoms with Crippen molar-refractivity contribution in [2.45, 2.75) is 18.3 Å². The Morgan fingerprint density at radius 3 is 2.74 bits per heavy atom. The second kappa shape index (κ2) is 5.44. The van der Waals surface area contributed by atoms with E-state index in [-0.39, 0.29) is 11.5 Å². The van der Waals surface area contributed by atoms with Crippen LogP contribution in [0.4, 0.5) is 11.4 Å². The van der Waals surface area contributed by atoms with Crippen LogP contribution in [0.3, 0.4) is 0 Å². The number of anilines is 2. The van der Waals surface area contributed by atoms with E-state index in [1.54, 1.807) is 35.2 Å². The lowest BCUT2D eigenvalue weighted by Crippen LogP contribution is -2.39. The molecule has 0 bridgehead atoms. The number of hydrogen-bond donors (Lipinski definition) is 1. The Morgan fingerprint density at radius 2 is 2.00 bits per heavy atom. The molecule has 7 heteroatoms. The van der Waals surface area contributed by atoms with Gasteiger partial charge in [0, 0.05) is 5.02 Å². The number of carbonyl (C=O) groups excluding carboxylic acids is 1. The van der Waals surface area contributed by atoms with Gasteiger partial charge in [0.25, 0.3) is 0 Å². The first-order valence-electron chi connectivity index (χ1n) is 8.39. The molecule has 0 radical (unpaired) electrons. The second-order valence-corrected chi connectivity index (χ2v) is 7.35. The van der Waals surface area contributed by atoms with E-state index in [0.29, 0.717) is 29.2 Å². The van der Waals surface area contributed by atoms with Gasteiger partial charge >= 0.3 is 5.97 Å². The maximum absolute atomic E-state index is 13.6. The number of aromatic nitrogens is 1. The predicted molar refractivity (Wildman–Crippen MR) is 97.6 cm³/mol. The summed E-state index contributed by atoms with van der Waals surface area (Å²) in [6, 6.07) is 10.5. The van der Waals surface area contributed by atoms with Crippen molar-refractivity contribution in [3.63, 3.8) is 0 Å². The lowest BCUT2D eigenvalue weighted by Gasteiger charge is -2.22. The van der Waals surface area contributed by atoms with Crippen LogP contribution in [0.2, 0.25) is 5.02 Å². The van der Waals surface area contributed by atoms with E-state index >= 15 is 0 Å². The first-order valence-corrected chi connectivity index (χ1v) is 8.76. The number of fused-ring (bicyclic) bond motifs is 3. The third-order valence-electron chi connectivity index (χ3n) is 5.44. The zero-order valence-electron chi connectivity index (χ0n) is 14.0. The topological polar surface area (TPSA) is 83.6 Å². The third kappa shape index (κ3) is 2.16. The molecule has 1 atom stereocenters. The zero-order chi connectivity index (χ0) is 18.8. The second-order valence-electron chi connectivity index (χ2n) is 6.91. The summed E-state index contributed by atoms with van der Waals surface area (Å²) in [6.45, 7) is 0. The minimum atomic E-state index is -0.977. The number of hydrogen-bond acceptors (Lipinski definition) is 4. The SMILES string of the molecule is O=C(O)c1ccc2c(c1)CC1(C2)C(=O)N(c2cnoc2)c2cc(Cl)ccc21. The van der Waals surface area contributed by atoms with E-state index < -0.39 is 11.4 Å². The fraction of sp³-hybridized carbons (Fsp3) is 0.150. The maximum atomic E-state index is 13.6. The monoisotopic (exact) mass is 380 g/mol. The fourth-order valence-electron chi connectivity index (χ4n) is 4.25. The third-order valence-corrected chi connectivity index (χ3v) is 5.68. The van der Waals surface area contributed by atoms with Crippen molar-refractivity contribution in [3.05, 3.63) is 76.1 Å². The molecule has 1 unspecified atom stereocenters. The molecule has 5 rings (SSSR count). The van der Waals surface area contributed by atoms with Gasteiger partial charge in [0.1, 0.15) is 12.0 Å². The van der Waals surface area contributed by atoms with E-state index in [1.807, 2.05) is 6.07 Å². The van der Waals surface area contributed by atoms with E-state index in [1.165, 1.54) is 12.5 Å². The van der Waals surface area contributed by atoms with Gasteiger partial charge in [-0.15, -0.1) is 0 Å². The minimum absolute atomic E-state index is 0.0870. The molecule has 0 saturated carbocycles. The first kappa shape index (κ1) is 16.1. The highest BCUT2D eigenvalue weighted by atomic mass is 35.5. The molecule has 6 nitrogen and oxygen atoms in total. The van der Waals surface area contributed by atoms with Gasteiger partial charge in [-0.05, 0) is 53.8 Å². The molecule has 1 N–H and O–H groups in total. The van der Waals surface area contributed by atoms with Crippen molar-refractivity contribution in [3.8, 4) is 0 Å². The van der Waals surface area contributed by atoms with Gasteiger partial charge in [-0.1, -0.05) is 28.9 Å². The van der Waals surface area contributed by atoms with Gasteiger partial charge in [-0.3, -0.25) is 9.69 Å². The summed E-state index contributed by atoms with van der Waals surface area (Å²) in [4.78, 5) is 26.5. The van der Waals surface area contributed by atoms with E-state index in [0.717, 1.165) is 16.7 Å². The van der Waals surface area contributed by atoms with Crippen LogP contribution in [-0.4, -0.2) is 22.1 Å². The van der Waals surface area contributed by atoms with Crippen LogP contribution < -0.4 is 4.90 Å². The van der Waals surface area contributed by atoms with Gasteiger partial charge in [0.15, 0.2) is 0 Å². The summed E-state index contributed by atoms with van der Waals surface area (Å²) in [5.74, 6) is -1.06. The van der Waals surface area contributed by atoms with E-state index in [4.69, 9.17) is 16.1 Å². The van der Waals surface area contributed by atoms with E-state index in [9.17, 15) is 14.7 Å². The van der Waals surface area contributed by atoms with Crippen LogP contribution in [0.15, 0.2) is 53.4 Å². The molecule has 1 aromatic heterocycles. The summed E-state index contributed by atoms with van der Waals surface area (Å²) in [6.07, 6.45) is 3.87. The van der Waals surface area contributed by atoms with Crippen molar-refractivity contribution < 1.29 is 19.2 Å². The van der Waals surface area contributed by atoms with Gasteiger partial charge < -0.3 is 9.63 Å². The molecule has 1 aliphatic carbocycles. The Labute approximate surface area is 159 Å². The Bertz CT molecular complexity index is 1110. The van der Waals surface area contributed by atoms with Crippen molar-refractivity contribution >= 4 is 34.9 Å². The number of benzene rings is 2. The highest BCUT2D eigenvalue weighted by molar-refractivity contribution is 6.31. The molecule has 1 amide bonds. The minimum Gasteiger partial charge on any atom is -0.478 e. The molecule has 0 fully saturated rings. The van der Waals surface area contributed by atoms with Gasteiger partial charge in [-0.2, -0.15) is 0 Å². The smallest absolute Gasteiger partial charge is 0.335 e. The number of carbonyl (C=O) groups is 2. The molecule has 0 saturated heterocycles. The normalized spacial score (nSPS) is 20.2. The van der Waals surface area contributed by atoms with Gasteiger partial charge in [0.05, 0.1) is 22.9 Å². The van der Waals surface area contributed by atoms with Crippen molar-refractivity contribution in [1.29, 1.82) is 0 Å². The highest BCUT2D eigenvalue weighted by Gasteiger charge is 2.54. The van der Waals surface area contributed by atoms with Crippen LogP contribution in [0.25, 0.3) is 0 Å². The summed E-state index contributed by atoms with van der Waals surface area (Å²) in [5.41, 5.74) is 3.45. The number of carboxylic acids is 1. The van der Waals surface area contributed by atoms with Crippen LogP contribution in [0.5, 0.6) is 0 Å². The van der Waals surface area contributed by atoms with Crippen molar-refractivity contribution in [1.82, 2.24) is 5.16 Å². The Morgan fingerprint density at radius 1 is 1.19 bits per heavy atom. The molecule has 134 valence electrons. The number of halogens is 1. The zero-order valence-corrected chi connectivity index (χ0v) is 14.7. The number of rotatable bonds is 2. The summed E-state index contributed by atoms with van der Waals surface area (Å²) in [7, 11) is 0. The van der Waals surface area contributed by atoms with E-state index in [2.05, 4.69) is 5.16 Å². The number of carboxylic acid groups (broad SMARTS) is 1. The lowest BCUT2D eigenvalue weighted by atomic mass is 9.79. The van der Waals surface area contributed by atoms with Crippen molar-refractivity contribution in [2.24, 2.45) is 0 Å². The van der Waals surface area contributed by atoms with Crippen LogP contribution in [0.1, 0.15) is 27.0 Å². The Balaban J connectivity index is 1.67. The van der Waals surface area contributed by atoms with Crippen LogP contribution in [-0.2, 0) is 23.1 Å². The number of aromatic carboxylic acids is 1. The molecule has 2 aliphatic rings. The summed E-state index contributed by atoms with van der Waals surface area (Å²) < 4.78 is 4.93. The summed E-state index contributed by atoms with van der Waals surface area (Å²) in [5, 5.41) is 13.5. The van der Waals surface area contributed by atoms with Crippen molar-refractivity contribution in [2.75, 3.05) is 4.90 Å².